The molecule has 0 saturated carbocycles. The van der Waals surface area contributed by atoms with Crippen LogP contribution in [-0.2, 0) is 6.54 Å². The molecule has 28 heavy (non-hydrogen) atoms. The van der Waals surface area contributed by atoms with Gasteiger partial charge in [-0.05, 0) is 24.1 Å². The first-order valence-corrected chi connectivity index (χ1v) is 9.37. The summed E-state index contributed by atoms with van der Waals surface area (Å²) in [6, 6.07) is 14.3. The molecular weight excluding hydrogens is 352 g/mol. The number of aromatic nitrogens is 5. The molecule has 7 heteroatoms. The van der Waals surface area contributed by atoms with Gasteiger partial charge >= 0.3 is 6.01 Å². The Kier molecular flexibility index (Phi) is 5.14. The van der Waals surface area contributed by atoms with Gasteiger partial charge in [0.05, 0.1) is 13.2 Å². The fraction of sp³-hybridized carbons (Fsp3) is 0.238. The standard InChI is InChI=1S/C21H22N6O/c1-2-3-12-28-21-25-18(22)17-20(26-21)27(14-15-8-5-4-6-9-15)19(24-17)16-10-7-11-23-13-16/h4-11,13H,2-3,12,14H2,1H3,(H2,22,25,26). The van der Waals surface area contributed by atoms with Gasteiger partial charge in [0, 0.05) is 18.0 Å². The summed E-state index contributed by atoms with van der Waals surface area (Å²) in [4.78, 5) is 17.9. The summed E-state index contributed by atoms with van der Waals surface area (Å²) >= 11 is 0. The Hall–Kier alpha value is -3.48. The Bertz CT molecular complexity index is 1060. The normalized spacial score (nSPS) is 11.0. The van der Waals surface area contributed by atoms with Crippen LogP contribution in [0.2, 0.25) is 0 Å². The van der Waals surface area contributed by atoms with Crippen molar-refractivity contribution in [2.45, 2.75) is 26.3 Å². The lowest BCUT2D eigenvalue weighted by Crippen LogP contribution is -2.07. The molecule has 0 radical (unpaired) electrons. The van der Waals surface area contributed by atoms with E-state index in [1.54, 1.807) is 12.4 Å². The second kappa shape index (κ2) is 8.04. The monoisotopic (exact) mass is 374 g/mol. The van der Waals surface area contributed by atoms with E-state index < -0.39 is 0 Å². The molecule has 0 atom stereocenters. The van der Waals surface area contributed by atoms with Gasteiger partial charge in [-0.3, -0.25) is 4.98 Å². The van der Waals surface area contributed by atoms with Crippen molar-refractivity contribution in [2.24, 2.45) is 0 Å². The first kappa shape index (κ1) is 17.9. The molecular formula is C21H22N6O. The van der Waals surface area contributed by atoms with E-state index in [2.05, 4.69) is 34.0 Å². The fourth-order valence-corrected chi connectivity index (χ4v) is 3.00. The minimum atomic E-state index is 0.283. The second-order valence-electron chi connectivity index (χ2n) is 6.51. The number of hydrogen-bond donors (Lipinski definition) is 1. The smallest absolute Gasteiger partial charge is 0.320 e. The van der Waals surface area contributed by atoms with Gasteiger partial charge in [0.25, 0.3) is 0 Å². The number of benzene rings is 1. The highest BCUT2D eigenvalue weighted by atomic mass is 16.5. The molecule has 142 valence electrons. The number of rotatable bonds is 7. The lowest BCUT2D eigenvalue weighted by molar-refractivity contribution is 0.286. The molecule has 4 rings (SSSR count). The van der Waals surface area contributed by atoms with Gasteiger partial charge in [0.15, 0.2) is 17.0 Å². The van der Waals surface area contributed by atoms with E-state index in [0.29, 0.717) is 30.1 Å². The third-order valence-corrected chi connectivity index (χ3v) is 4.43. The third-order valence-electron chi connectivity index (χ3n) is 4.43. The number of fused-ring (bicyclic) bond motifs is 1. The molecule has 0 aliphatic heterocycles. The van der Waals surface area contributed by atoms with E-state index >= 15 is 0 Å². The van der Waals surface area contributed by atoms with Gasteiger partial charge in [-0.1, -0.05) is 43.7 Å². The fourth-order valence-electron chi connectivity index (χ4n) is 3.00. The molecule has 1 aromatic carbocycles. The van der Waals surface area contributed by atoms with Crippen LogP contribution in [0.1, 0.15) is 25.3 Å². The molecule has 0 spiro atoms. The third kappa shape index (κ3) is 3.64. The van der Waals surface area contributed by atoms with Crippen molar-refractivity contribution in [1.82, 2.24) is 24.5 Å². The first-order valence-electron chi connectivity index (χ1n) is 9.37. The van der Waals surface area contributed by atoms with Crippen LogP contribution in [0.15, 0.2) is 54.9 Å². The number of pyridine rings is 1. The lowest BCUT2D eigenvalue weighted by Gasteiger charge is -2.10. The zero-order chi connectivity index (χ0) is 19.3. The Morgan fingerprint density at radius 3 is 2.64 bits per heavy atom. The molecule has 0 aliphatic rings. The SMILES string of the molecule is CCCCOc1nc(N)c2nc(-c3cccnc3)n(Cc3ccccc3)c2n1. The van der Waals surface area contributed by atoms with E-state index in [0.717, 1.165) is 29.8 Å². The van der Waals surface area contributed by atoms with Gasteiger partial charge < -0.3 is 15.0 Å². The second-order valence-corrected chi connectivity index (χ2v) is 6.51. The van der Waals surface area contributed by atoms with Gasteiger partial charge in [0.1, 0.15) is 5.82 Å². The minimum Gasteiger partial charge on any atom is -0.463 e. The van der Waals surface area contributed by atoms with Crippen molar-refractivity contribution in [1.29, 1.82) is 0 Å². The molecule has 3 aromatic heterocycles. The van der Waals surface area contributed by atoms with Gasteiger partial charge in [-0.15, -0.1) is 0 Å². The molecule has 0 saturated heterocycles. The molecule has 0 fully saturated rings. The minimum absolute atomic E-state index is 0.283. The lowest BCUT2D eigenvalue weighted by atomic mass is 10.2. The molecule has 2 N–H and O–H groups in total. The summed E-state index contributed by atoms with van der Waals surface area (Å²) in [5, 5.41) is 0. The quantitative estimate of drug-likeness (QED) is 0.496. The van der Waals surface area contributed by atoms with E-state index in [4.69, 9.17) is 15.5 Å². The van der Waals surface area contributed by atoms with Crippen LogP contribution in [0.3, 0.4) is 0 Å². The number of hydrogen-bond acceptors (Lipinski definition) is 6. The summed E-state index contributed by atoms with van der Waals surface area (Å²) in [6.45, 7) is 3.27. The van der Waals surface area contributed by atoms with E-state index in [-0.39, 0.29) is 6.01 Å². The van der Waals surface area contributed by atoms with Crippen LogP contribution >= 0.6 is 0 Å². The largest absolute Gasteiger partial charge is 0.463 e. The average Bonchev–Trinajstić information content (AvgIpc) is 3.09. The Balaban J connectivity index is 1.85. The highest BCUT2D eigenvalue weighted by Gasteiger charge is 2.19. The number of unbranched alkanes of at least 4 members (excludes halogenated alkanes) is 1. The van der Waals surface area contributed by atoms with Crippen LogP contribution in [0.4, 0.5) is 5.82 Å². The molecule has 0 aliphatic carbocycles. The summed E-state index contributed by atoms with van der Waals surface area (Å²) in [7, 11) is 0. The van der Waals surface area contributed by atoms with Crippen molar-refractivity contribution >= 4 is 17.0 Å². The van der Waals surface area contributed by atoms with E-state index in [1.165, 1.54) is 0 Å². The van der Waals surface area contributed by atoms with Crippen LogP contribution < -0.4 is 10.5 Å². The maximum absolute atomic E-state index is 6.19. The molecule has 7 nitrogen and oxygen atoms in total. The number of imidazole rings is 1. The predicted molar refractivity (Wildman–Crippen MR) is 109 cm³/mol. The maximum atomic E-state index is 6.19. The van der Waals surface area contributed by atoms with E-state index in [9.17, 15) is 0 Å². The van der Waals surface area contributed by atoms with Gasteiger partial charge in [-0.25, -0.2) is 4.98 Å². The van der Waals surface area contributed by atoms with Crippen LogP contribution in [0.5, 0.6) is 6.01 Å². The van der Waals surface area contributed by atoms with Crippen molar-refractivity contribution in [2.75, 3.05) is 12.3 Å². The summed E-state index contributed by atoms with van der Waals surface area (Å²) in [5.74, 6) is 1.06. The molecule has 3 heterocycles. The Morgan fingerprint density at radius 2 is 1.89 bits per heavy atom. The van der Waals surface area contributed by atoms with Crippen molar-refractivity contribution in [3.05, 3.63) is 60.4 Å². The Morgan fingerprint density at radius 1 is 1.04 bits per heavy atom. The summed E-state index contributed by atoms with van der Waals surface area (Å²) in [5.41, 5.74) is 9.44. The number of nitrogens with two attached hydrogens (primary N) is 1. The highest BCUT2D eigenvalue weighted by molar-refractivity contribution is 5.85. The molecule has 0 amide bonds. The predicted octanol–water partition coefficient (Wildman–Crippen LogP) is 3.70. The number of ether oxygens (including phenoxy) is 1. The molecule has 0 unspecified atom stereocenters. The first-order chi connectivity index (χ1) is 13.8. The van der Waals surface area contributed by atoms with Crippen LogP contribution in [-0.4, -0.2) is 31.1 Å². The number of nitrogens with zero attached hydrogens (tertiary/aromatic N) is 5. The zero-order valence-electron chi connectivity index (χ0n) is 15.7. The summed E-state index contributed by atoms with van der Waals surface area (Å²) < 4.78 is 7.73. The Labute approximate surface area is 163 Å². The van der Waals surface area contributed by atoms with E-state index in [1.807, 2.05) is 34.9 Å². The zero-order valence-corrected chi connectivity index (χ0v) is 15.7. The van der Waals surface area contributed by atoms with Crippen molar-refractivity contribution < 1.29 is 4.74 Å². The van der Waals surface area contributed by atoms with Crippen molar-refractivity contribution in [3.63, 3.8) is 0 Å². The number of anilines is 1. The topological polar surface area (TPSA) is 91.7 Å². The average molecular weight is 374 g/mol. The molecule has 4 aromatic rings. The summed E-state index contributed by atoms with van der Waals surface area (Å²) in [6.07, 6.45) is 5.49. The highest BCUT2D eigenvalue weighted by Crippen LogP contribution is 2.28. The maximum Gasteiger partial charge on any atom is 0.320 e. The van der Waals surface area contributed by atoms with Gasteiger partial charge in [-0.2, -0.15) is 9.97 Å². The van der Waals surface area contributed by atoms with Crippen molar-refractivity contribution in [3.8, 4) is 17.4 Å². The van der Waals surface area contributed by atoms with Crippen LogP contribution in [0.25, 0.3) is 22.6 Å². The van der Waals surface area contributed by atoms with Crippen LogP contribution in [0, 0.1) is 0 Å². The number of nitrogen functional groups attached to an aromatic ring is 1. The van der Waals surface area contributed by atoms with Gasteiger partial charge in [0.2, 0.25) is 0 Å². The molecule has 0 bridgehead atoms.